The number of benzene rings is 1. The van der Waals surface area contributed by atoms with E-state index in [9.17, 15) is 0 Å². The molecule has 4 nitrogen and oxygen atoms in total. The first kappa shape index (κ1) is 12.4. The molecule has 0 aliphatic heterocycles. The minimum Gasteiger partial charge on any atom is -0.473 e. The summed E-state index contributed by atoms with van der Waals surface area (Å²) in [7, 11) is 0. The molecule has 0 aliphatic carbocycles. The van der Waals surface area contributed by atoms with E-state index in [0.29, 0.717) is 23.1 Å². The Kier molecular flexibility index (Phi) is 3.79. The fourth-order valence-electron chi connectivity index (χ4n) is 1.44. The van der Waals surface area contributed by atoms with E-state index < -0.39 is 0 Å². The Hall–Kier alpha value is -2.07. The van der Waals surface area contributed by atoms with Gasteiger partial charge in [-0.05, 0) is 23.8 Å². The summed E-state index contributed by atoms with van der Waals surface area (Å²) in [5, 5.41) is 8.00. The van der Waals surface area contributed by atoms with Gasteiger partial charge in [0.1, 0.15) is 12.4 Å². The largest absolute Gasteiger partial charge is 0.473 e. The average molecular weight is 262 g/mol. The van der Waals surface area contributed by atoms with Crippen LogP contribution in [0.1, 0.15) is 11.1 Å². The van der Waals surface area contributed by atoms with Crippen LogP contribution in [0.3, 0.4) is 0 Å². The first-order valence-electron chi connectivity index (χ1n) is 5.33. The van der Waals surface area contributed by atoms with Crippen LogP contribution in [0, 0.1) is 5.41 Å². The minimum absolute atomic E-state index is 0.00925. The maximum atomic E-state index is 7.33. The lowest BCUT2D eigenvalue weighted by atomic mass is 10.2. The van der Waals surface area contributed by atoms with Gasteiger partial charge in [-0.25, -0.2) is 4.98 Å². The fraction of sp³-hybridized carbons (Fsp3) is 0.0769. The number of nitrogen functional groups attached to an aromatic ring is 1. The van der Waals surface area contributed by atoms with Gasteiger partial charge in [0, 0.05) is 22.8 Å². The third-order valence-corrected chi connectivity index (χ3v) is 2.56. The molecule has 18 heavy (non-hydrogen) atoms. The number of halogens is 1. The van der Waals surface area contributed by atoms with Crippen LogP contribution < -0.4 is 10.5 Å². The molecule has 0 bridgehead atoms. The van der Waals surface area contributed by atoms with Crippen molar-refractivity contribution in [3.05, 3.63) is 58.7 Å². The number of nitrogens with one attached hydrogen (secondary N) is 1. The van der Waals surface area contributed by atoms with Crippen LogP contribution in [0.15, 0.2) is 42.6 Å². The van der Waals surface area contributed by atoms with Crippen molar-refractivity contribution in [3.8, 4) is 5.88 Å². The van der Waals surface area contributed by atoms with Gasteiger partial charge in [0.15, 0.2) is 0 Å². The highest BCUT2D eigenvalue weighted by Crippen LogP contribution is 2.14. The average Bonchev–Trinajstić information content (AvgIpc) is 2.37. The summed E-state index contributed by atoms with van der Waals surface area (Å²) in [6.45, 7) is 0.370. The molecule has 1 heterocycles. The van der Waals surface area contributed by atoms with Crippen LogP contribution in [0.5, 0.6) is 5.88 Å². The molecule has 92 valence electrons. The molecule has 3 N–H and O–H groups in total. The van der Waals surface area contributed by atoms with Crippen molar-refractivity contribution < 1.29 is 4.74 Å². The summed E-state index contributed by atoms with van der Waals surface area (Å²) in [5.74, 6) is 0.424. The SMILES string of the molecule is N=C(N)c1ccnc(OCc2cccc(Cl)c2)c1. The Labute approximate surface area is 110 Å². The zero-order valence-corrected chi connectivity index (χ0v) is 10.3. The van der Waals surface area contributed by atoms with Gasteiger partial charge in [-0.1, -0.05) is 23.7 Å². The highest BCUT2D eigenvalue weighted by molar-refractivity contribution is 6.30. The number of aromatic nitrogens is 1. The number of hydrogen-bond acceptors (Lipinski definition) is 3. The number of nitrogens with two attached hydrogens (primary N) is 1. The van der Waals surface area contributed by atoms with Gasteiger partial charge in [0.25, 0.3) is 0 Å². The van der Waals surface area contributed by atoms with Gasteiger partial charge in [-0.2, -0.15) is 0 Å². The monoisotopic (exact) mass is 261 g/mol. The zero-order chi connectivity index (χ0) is 13.0. The number of hydrogen-bond donors (Lipinski definition) is 2. The van der Waals surface area contributed by atoms with Crippen molar-refractivity contribution in [1.29, 1.82) is 5.41 Å². The molecule has 0 fully saturated rings. The molecule has 0 amide bonds. The van der Waals surface area contributed by atoms with E-state index in [1.165, 1.54) is 0 Å². The second-order valence-electron chi connectivity index (χ2n) is 3.72. The van der Waals surface area contributed by atoms with Crippen LogP contribution in [-0.4, -0.2) is 10.8 Å². The van der Waals surface area contributed by atoms with Crippen molar-refractivity contribution in [2.24, 2.45) is 5.73 Å². The highest BCUT2D eigenvalue weighted by Gasteiger charge is 2.01. The molecule has 1 aromatic heterocycles. The van der Waals surface area contributed by atoms with Crippen LogP contribution in [-0.2, 0) is 6.61 Å². The summed E-state index contributed by atoms with van der Waals surface area (Å²) < 4.78 is 5.52. The van der Waals surface area contributed by atoms with Gasteiger partial charge in [0.2, 0.25) is 5.88 Å². The lowest BCUT2D eigenvalue weighted by Gasteiger charge is -2.06. The van der Waals surface area contributed by atoms with Gasteiger partial charge >= 0.3 is 0 Å². The summed E-state index contributed by atoms with van der Waals surface area (Å²) in [4.78, 5) is 4.05. The predicted octanol–water partition coefficient (Wildman–Crippen LogP) is 2.60. The van der Waals surface area contributed by atoms with Crippen molar-refractivity contribution >= 4 is 17.4 Å². The number of amidine groups is 1. The van der Waals surface area contributed by atoms with Crippen LogP contribution in [0.2, 0.25) is 5.02 Å². The lowest BCUT2D eigenvalue weighted by molar-refractivity contribution is 0.294. The van der Waals surface area contributed by atoms with Gasteiger partial charge in [-0.3, -0.25) is 5.41 Å². The second kappa shape index (κ2) is 5.51. The number of rotatable bonds is 4. The quantitative estimate of drug-likeness (QED) is 0.656. The molecule has 0 saturated heterocycles. The predicted molar refractivity (Wildman–Crippen MR) is 71.0 cm³/mol. The van der Waals surface area contributed by atoms with Gasteiger partial charge in [0.05, 0.1) is 0 Å². The molecule has 0 spiro atoms. The topological polar surface area (TPSA) is 72.0 Å². The standard InChI is InChI=1S/C13H12ClN3O/c14-11-3-1-2-9(6-11)8-18-12-7-10(13(15)16)4-5-17-12/h1-7H,8H2,(H3,15,16). The molecule has 0 unspecified atom stereocenters. The second-order valence-corrected chi connectivity index (χ2v) is 4.15. The Morgan fingerprint density at radius 3 is 2.89 bits per heavy atom. The molecule has 2 rings (SSSR count). The van der Waals surface area contributed by atoms with E-state index in [-0.39, 0.29) is 5.84 Å². The summed E-state index contributed by atoms with van der Waals surface area (Å²) >= 11 is 5.88. The Morgan fingerprint density at radius 2 is 2.17 bits per heavy atom. The highest BCUT2D eigenvalue weighted by atomic mass is 35.5. The Balaban J connectivity index is 2.06. The maximum Gasteiger partial charge on any atom is 0.214 e. The Bertz CT molecular complexity index is 572. The molecular formula is C13H12ClN3O. The number of ether oxygens (including phenoxy) is 1. The molecule has 5 heteroatoms. The molecule has 1 aromatic carbocycles. The summed E-state index contributed by atoms with van der Waals surface area (Å²) in [5.41, 5.74) is 6.94. The maximum absolute atomic E-state index is 7.33. The molecule has 0 saturated carbocycles. The molecule has 0 aliphatic rings. The van der Waals surface area contributed by atoms with Gasteiger partial charge in [-0.15, -0.1) is 0 Å². The van der Waals surface area contributed by atoms with Crippen molar-refractivity contribution in [2.45, 2.75) is 6.61 Å². The molecule has 0 radical (unpaired) electrons. The summed E-state index contributed by atoms with van der Waals surface area (Å²) in [6, 6.07) is 10.7. The van der Waals surface area contributed by atoms with E-state index >= 15 is 0 Å². The normalized spacial score (nSPS) is 10.1. The number of pyridine rings is 1. The van der Waals surface area contributed by atoms with Crippen LogP contribution in [0.25, 0.3) is 0 Å². The first-order valence-corrected chi connectivity index (χ1v) is 5.70. The van der Waals surface area contributed by atoms with Crippen molar-refractivity contribution in [3.63, 3.8) is 0 Å². The third-order valence-electron chi connectivity index (χ3n) is 2.32. The van der Waals surface area contributed by atoms with Crippen LogP contribution in [0.4, 0.5) is 0 Å². The van der Waals surface area contributed by atoms with Gasteiger partial charge < -0.3 is 10.5 Å². The Morgan fingerprint density at radius 1 is 1.33 bits per heavy atom. The fourth-order valence-corrected chi connectivity index (χ4v) is 1.65. The smallest absolute Gasteiger partial charge is 0.214 e. The third kappa shape index (κ3) is 3.21. The van der Waals surface area contributed by atoms with E-state index in [0.717, 1.165) is 5.56 Å². The number of nitrogens with zero attached hydrogens (tertiary/aromatic N) is 1. The summed E-state index contributed by atoms with van der Waals surface area (Å²) in [6.07, 6.45) is 1.56. The first-order chi connectivity index (χ1) is 8.65. The minimum atomic E-state index is -0.00925. The van der Waals surface area contributed by atoms with Crippen molar-refractivity contribution in [1.82, 2.24) is 4.98 Å². The zero-order valence-electron chi connectivity index (χ0n) is 9.56. The molecule has 2 aromatic rings. The van der Waals surface area contributed by atoms with E-state index in [4.69, 9.17) is 27.5 Å². The lowest BCUT2D eigenvalue weighted by Crippen LogP contribution is -2.11. The van der Waals surface area contributed by atoms with E-state index in [2.05, 4.69) is 4.98 Å². The van der Waals surface area contributed by atoms with E-state index in [1.54, 1.807) is 24.4 Å². The van der Waals surface area contributed by atoms with Crippen molar-refractivity contribution in [2.75, 3.05) is 0 Å². The van der Waals surface area contributed by atoms with Crippen LogP contribution >= 0.6 is 11.6 Å². The molecule has 0 atom stereocenters. The molecular weight excluding hydrogens is 250 g/mol. The van der Waals surface area contributed by atoms with E-state index in [1.807, 2.05) is 18.2 Å².